The number of rotatable bonds is 9. The number of benzene rings is 1. The van der Waals surface area contributed by atoms with Gasteiger partial charge in [0.15, 0.2) is 0 Å². The number of nitrogens with one attached hydrogen (secondary N) is 2. The summed E-state index contributed by atoms with van der Waals surface area (Å²) in [5.41, 5.74) is 0.252. The van der Waals surface area contributed by atoms with E-state index >= 15 is 0 Å². The molecule has 3 N–H and O–H groups in total. The number of carbonyl (C=O) groups excluding carboxylic acids is 1. The molecule has 1 aliphatic carbocycles. The molecule has 40 heavy (non-hydrogen) atoms. The van der Waals surface area contributed by atoms with Crippen molar-refractivity contribution in [3.63, 3.8) is 0 Å². The van der Waals surface area contributed by atoms with Gasteiger partial charge in [-0.25, -0.2) is 14.2 Å². The molecule has 0 radical (unpaired) electrons. The molecule has 1 aromatic carbocycles. The molecule has 4 rings (SSSR count). The van der Waals surface area contributed by atoms with E-state index in [9.17, 15) is 19.1 Å². The summed E-state index contributed by atoms with van der Waals surface area (Å²) in [7, 11) is 0. The minimum atomic E-state index is -0.937. The van der Waals surface area contributed by atoms with Crippen LogP contribution in [0.15, 0.2) is 36.5 Å². The third-order valence-corrected chi connectivity index (χ3v) is 7.30. The Morgan fingerprint density at radius 1 is 1.18 bits per heavy atom. The van der Waals surface area contributed by atoms with Crippen molar-refractivity contribution in [2.45, 2.75) is 64.1 Å². The van der Waals surface area contributed by atoms with Crippen molar-refractivity contribution in [3.05, 3.63) is 47.9 Å². The summed E-state index contributed by atoms with van der Waals surface area (Å²) < 4.78 is 25.4. The van der Waals surface area contributed by atoms with E-state index < -0.39 is 23.4 Å². The van der Waals surface area contributed by atoms with Gasteiger partial charge in [0.05, 0.1) is 25.0 Å². The predicted molar refractivity (Wildman–Crippen MR) is 150 cm³/mol. The smallest absolute Gasteiger partial charge is 0.407 e. The number of carboxylic acid groups (broad SMARTS) is 1. The molecule has 2 aliphatic rings. The first-order valence-corrected chi connectivity index (χ1v) is 13.9. The molecule has 1 aliphatic heterocycles. The first kappa shape index (κ1) is 29.5. The van der Waals surface area contributed by atoms with E-state index in [4.69, 9.17) is 9.47 Å². The lowest BCUT2D eigenvalue weighted by molar-refractivity contribution is 0.0322. The van der Waals surface area contributed by atoms with Crippen molar-refractivity contribution in [3.8, 4) is 5.75 Å². The highest BCUT2D eigenvalue weighted by Crippen LogP contribution is 2.29. The quantitative estimate of drug-likeness (QED) is 0.413. The molecular formula is C29H40FN5O5. The summed E-state index contributed by atoms with van der Waals surface area (Å²) >= 11 is 0. The second-order valence-electron chi connectivity index (χ2n) is 11.3. The maximum absolute atomic E-state index is 14.1. The lowest BCUT2D eigenvalue weighted by Gasteiger charge is -2.42. The van der Waals surface area contributed by atoms with Gasteiger partial charge in [0.2, 0.25) is 0 Å². The topological polar surface area (TPSA) is 116 Å². The number of pyridine rings is 1. The average molecular weight is 558 g/mol. The minimum Gasteiger partial charge on any atom is -0.492 e. The number of halogens is 1. The first-order valence-electron chi connectivity index (χ1n) is 13.9. The normalized spacial score (nSPS) is 20.0. The fourth-order valence-corrected chi connectivity index (χ4v) is 5.36. The van der Waals surface area contributed by atoms with Crippen molar-refractivity contribution in [1.29, 1.82) is 0 Å². The van der Waals surface area contributed by atoms with E-state index in [0.717, 1.165) is 39.0 Å². The summed E-state index contributed by atoms with van der Waals surface area (Å²) in [6.45, 7) is 10.3. The molecular weight excluding hydrogens is 517 g/mol. The van der Waals surface area contributed by atoms with Crippen LogP contribution in [0, 0.1) is 5.82 Å². The highest BCUT2D eigenvalue weighted by atomic mass is 19.1. The summed E-state index contributed by atoms with van der Waals surface area (Å²) in [5, 5.41) is 15.8. The average Bonchev–Trinajstić information content (AvgIpc) is 2.90. The molecule has 1 saturated heterocycles. The number of anilines is 2. The summed E-state index contributed by atoms with van der Waals surface area (Å²) in [5.74, 6) is -0.125. The van der Waals surface area contributed by atoms with Gasteiger partial charge in [0.25, 0.3) is 5.91 Å². The SMILES string of the molecule is CC(C)(C)N(C(=O)O)C1CCC(NC(=O)c2cc(F)cnc2Nc2cccc(OCCN3CCOCC3)c2)CC1. The Morgan fingerprint density at radius 3 is 2.58 bits per heavy atom. The minimum absolute atomic E-state index is 0.0996. The Labute approximate surface area is 234 Å². The Kier molecular flexibility index (Phi) is 9.80. The van der Waals surface area contributed by atoms with E-state index in [1.165, 1.54) is 11.0 Å². The van der Waals surface area contributed by atoms with Crippen molar-refractivity contribution in [1.82, 2.24) is 20.1 Å². The molecule has 1 aromatic heterocycles. The highest BCUT2D eigenvalue weighted by Gasteiger charge is 2.36. The number of hydrogen-bond donors (Lipinski definition) is 3. The molecule has 1 saturated carbocycles. The van der Waals surface area contributed by atoms with Crippen LogP contribution in [-0.4, -0.2) is 89.0 Å². The van der Waals surface area contributed by atoms with Crippen LogP contribution in [-0.2, 0) is 4.74 Å². The number of nitrogens with zero attached hydrogens (tertiary/aromatic N) is 3. The fraction of sp³-hybridized carbons (Fsp3) is 0.552. The molecule has 0 unspecified atom stereocenters. The van der Waals surface area contributed by atoms with E-state index in [1.54, 1.807) is 0 Å². The molecule has 2 amide bonds. The highest BCUT2D eigenvalue weighted by molar-refractivity contribution is 5.99. The van der Waals surface area contributed by atoms with Gasteiger partial charge in [0.1, 0.15) is 24.0 Å². The standard InChI is InChI=1S/C29H40FN5O5/c1-29(2,3)35(28(37)38)23-9-7-21(8-10-23)33-27(36)25-17-20(30)19-31-26(25)32-22-5-4-6-24(18-22)40-16-13-34-11-14-39-15-12-34/h4-6,17-19,21,23H,7-16H2,1-3H3,(H,31,32)(H,33,36)(H,37,38). The summed E-state index contributed by atoms with van der Waals surface area (Å²) in [4.78, 5) is 33.0. The fourth-order valence-electron chi connectivity index (χ4n) is 5.36. The van der Waals surface area contributed by atoms with Gasteiger partial charge in [-0.2, -0.15) is 0 Å². The number of hydrogen-bond acceptors (Lipinski definition) is 7. The summed E-state index contributed by atoms with van der Waals surface area (Å²) in [6.07, 6.45) is 2.67. The Balaban J connectivity index is 1.35. The van der Waals surface area contributed by atoms with E-state index in [0.29, 0.717) is 43.7 Å². The molecule has 0 bridgehead atoms. The van der Waals surface area contributed by atoms with Crippen molar-refractivity contribution in [2.24, 2.45) is 0 Å². The van der Waals surface area contributed by atoms with Gasteiger partial charge in [-0.3, -0.25) is 9.69 Å². The number of carbonyl (C=O) groups is 2. The van der Waals surface area contributed by atoms with Crippen LogP contribution in [0.4, 0.5) is 20.7 Å². The Bertz CT molecular complexity index is 1160. The van der Waals surface area contributed by atoms with E-state index in [2.05, 4.69) is 20.5 Å². The third-order valence-electron chi connectivity index (χ3n) is 7.30. The van der Waals surface area contributed by atoms with Gasteiger partial charge in [-0.15, -0.1) is 0 Å². The summed E-state index contributed by atoms with van der Waals surface area (Å²) in [6, 6.07) is 8.26. The van der Waals surface area contributed by atoms with Crippen LogP contribution in [0.2, 0.25) is 0 Å². The number of aromatic nitrogens is 1. The van der Waals surface area contributed by atoms with Gasteiger partial charge in [-0.1, -0.05) is 6.07 Å². The monoisotopic (exact) mass is 557 g/mol. The van der Waals surface area contributed by atoms with Gasteiger partial charge >= 0.3 is 6.09 Å². The lowest BCUT2D eigenvalue weighted by atomic mass is 9.88. The zero-order valence-corrected chi connectivity index (χ0v) is 23.5. The molecule has 10 nitrogen and oxygen atoms in total. The Hall–Kier alpha value is -3.44. The van der Waals surface area contributed by atoms with Crippen molar-refractivity contribution in [2.75, 3.05) is 44.8 Å². The Morgan fingerprint density at radius 2 is 1.90 bits per heavy atom. The third kappa shape index (κ3) is 8.04. The molecule has 2 fully saturated rings. The second kappa shape index (κ2) is 13.3. The van der Waals surface area contributed by atoms with Crippen LogP contribution in [0.5, 0.6) is 5.75 Å². The van der Waals surface area contributed by atoms with Crippen LogP contribution < -0.4 is 15.4 Å². The molecule has 2 aromatic rings. The number of morpholine rings is 1. The first-order chi connectivity index (χ1) is 19.1. The molecule has 0 atom stereocenters. The van der Waals surface area contributed by atoms with Crippen LogP contribution in [0.3, 0.4) is 0 Å². The predicted octanol–water partition coefficient (Wildman–Crippen LogP) is 4.49. The van der Waals surface area contributed by atoms with Crippen molar-refractivity contribution >= 4 is 23.5 Å². The van der Waals surface area contributed by atoms with Crippen molar-refractivity contribution < 1.29 is 28.6 Å². The number of amides is 2. The molecule has 0 spiro atoms. The number of ether oxygens (including phenoxy) is 2. The van der Waals surface area contributed by atoms with Gasteiger partial charge < -0.3 is 30.1 Å². The molecule has 11 heteroatoms. The molecule has 2 heterocycles. The largest absolute Gasteiger partial charge is 0.492 e. The lowest BCUT2D eigenvalue weighted by Crippen LogP contribution is -2.53. The van der Waals surface area contributed by atoms with Gasteiger partial charge in [-0.05, 0) is 64.7 Å². The second-order valence-corrected chi connectivity index (χ2v) is 11.3. The van der Waals surface area contributed by atoms with E-state index in [1.807, 2.05) is 45.0 Å². The maximum Gasteiger partial charge on any atom is 0.407 e. The van der Waals surface area contributed by atoms with E-state index in [-0.39, 0.29) is 23.5 Å². The zero-order chi connectivity index (χ0) is 28.7. The zero-order valence-electron chi connectivity index (χ0n) is 23.5. The van der Waals surface area contributed by atoms with Crippen LogP contribution >= 0.6 is 0 Å². The van der Waals surface area contributed by atoms with Crippen LogP contribution in [0.25, 0.3) is 0 Å². The van der Waals surface area contributed by atoms with Gasteiger partial charge in [0, 0.05) is 49.0 Å². The maximum atomic E-state index is 14.1. The van der Waals surface area contributed by atoms with Crippen LogP contribution in [0.1, 0.15) is 56.8 Å². The molecule has 218 valence electrons.